The molecule has 16 heteroatoms. The standard InChI is InChI=1S/C32H44BrN5O9S/c1-8-18-16-32(18,27(41)37-48(44,45)20-13-14-20)36-25(39)23-15-19(46-28(42)34-22-12-10-9-11-21(22)33)17-38(23)26(40)24(30(2,3)4)35-29(43)47-31(5,6)7/h8-12,18-20,23-24H,1,13-17H2,2-7H3,(H,34,42)(H,35,43)(H,36,39)(H,37,41). The van der Waals surface area contributed by atoms with Crippen LogP contribution in [0, 0.1) is 11.3 Å². The summed E-state index contributed by atoms with van der Waals surface area (Å²) in [5, 5.41) is 7.29. The number of benzene rings is 1. The van der Waals surface area contributed by atoms with Crippen LogP contribution < -0.4 is 20.7 Å². The molecule has 0 radical (unpaired) electrons. The normalized spacial score (nSPS) is 24.5. The molecule has 1 aliphatic heterocycles. The highest BCUT2D eigenvalue weighted by Gasteiger charge is 2.62. The second-order valence-electron chi connectivity index (χ2n) is 14.5. The summed E-state index contributed by atoms with van der Waals surface area (Å²) >= 11 is 3.35. The molecule has 1 aromatic carbocycles. The molecule has 1 heterocycles. The lowest BCUT2D eigenvalue weighted by molar-refractivity contribution is -0.143. The topological polar surface area (TPSA) is 189 Å². The molecular formula is C32H44BrN5O9S. The van der Waals surface area contributed by atoms with Gasteiger partial charge in [-0.05, 0) is 73.5 Å². The SMILES string of the molecule is C=CC1CC1(NC(=O)C1CC(OC(=O)Nc2ccccc2Br)CN1C(=O)C(NC(=O)OC(C)(C)C)C(C)(C)C)C(=O)NS(=O)(=O)C1CC1. The second-order valence-corrected chi connectivity index (χ2v) is 17.3. The number of alkyl carbamates (subject to hydrolysis) is 1. The molecule has 0 aromatic heterocycles. The first-order valence-electron chi connectivity index (χ1n) is 15.7. The highest BCUT2D eigenvalue weighted by Crippen LogP contribution is 2.45. The summed E-state index contributed by atoms with van der Waals surface area (Å²) in [4.78, 5) is 68.4. The van der Waals surface area contributed by atoms with Crippen molar-refractivity contribution >= 4 is 61.5 Å². The Kier molecular flexibility index (Phi) is 10.6. The van der Waals surface area contributed by atoms with Crippen LogP contribution in [0.15, 0.2) is 41.4 Å². The maximum Gasteiger partial charge on any atom is 0.411 e. The fourth-order valence-electron chi connectivity index (χ4n) is 5.49. The number of carbonyl (C=O) groups is 5. The Balaban J connectivity index is 1.59. The molecule has 4 rings (SSSR count). The number of ether oxygens (including phenoxy) is 2. The average molecular weight is 755 g/mol. The molecule has 1 saturated heterocycles. The van der Waals surface area contributed by atoms with Crippen molar-refractivity contribution in [2.24, 2.45) is 11.3 Å². The smallest absolute Gasteiger partial charge is 0.411 e. The minimum absolute atomic E-state index is 0.105. The minimum atomic E-state index is -3.91. The Morgan fingerprint density at radius 1 is 1.06 bits per heavy atom. The van der Waals surface area contributed by atoms with Gasteiger partial charge in [-0.3, -0.25) is 24.4 Å². The van der Waals surface area contributed by atoms with Gasteiger partial charge in [-0.15, -0.1) is 6.58 Å². The molecule has 2 aliphatic carbocycles. The van der Waals surface area contributed by atoms with Gasteiger partial charge in [0.1, 0.15) is 29.3 Å². The maximum atomic E-state index is 14.2. The lowest BCUT2D eigenvalue weighted by atomic mass is 9.85. The molecular weight excluding hydrogens is 710 g/mol. The van der Waals surface area contributed by atoms with Crippen LogP contribution in [0.3, 0.4) is 0 Å². The van der Waals surface area contributed by atoms with Crippen LogP contribution in [-0.4, -0.2) is 84.3 Å². The number of para-hydroxylation sites is 1. The Morgan fingerprint density at radius 2 is 1.71 bits per heavy atom. The zero-order valence-electron chi connectivity index (χ0n) is 27.9. The van der Waals surface area contributed by atoms with E-state index in [2.05, 4.69) is 43.2 Å². The number of nitrogens with zero attached hydrogens (tertiary/aromatic N) is 1. The molecule has 14 nitrogen and oxygen atoms in total. The first kappa shape index (κ1) is 37.2. The van der Waals surface area contributed by atoms with E-state index in [0.717, 1.165) is 0 Å². The third kappa shape index (κ3) is 8.87. The molecule has 0 spiro atoms. The molecule has 5 amide bonds. The van der Waals surface area contributed by atoms with Crippen molar-refractivity contribution in [1.29, 1.82) is 0 Å². The number of hydrogen-bond acceptors (Lipinski definition) is 9. The predicted octanol–water partition coefficient (Wildman–Crippen LogP) is 3.58. The zero-order chi connectivity index (χ0) is 35.8. The largest absolute Gasteiger partial charge is 0.444 e. The van der Waals surface area contributed by atoms with Crippen molar-refractivity contribution in [1.82, 2.24) is 20.3 Å². The molecule has 5 atom stereocenters. The second kappa shape index (κ2) is 13.7. The van der Waals surface area contributed by atoms with E-state index < -0.39 is 85.8 Å². The molecule has 5 unspecified atom stereocenters. The summed E-state index contributed by atoms with van der Waals surface area (Å²) in [5.74, 6) is -2.84. The van der Waals surface area contributed by atoms with Gasteiger partial charge in [-0.2, -0.15) is 0 Å². The quantitative estimate of drug-likeness (QED) is 0.259. The summed E-state index contributed by atoms with van der Waals surface area (Å²) in [6.45, 7) is 13.7. The number of rotatable bonds is 10. The number of amides is 5. The third-order valence-electron chi connectivity index (χ3n) is 8.26. The number of likely N-dealkylation sites (tertiary alicyclic amines) is 1. The number of nitrogens with one attached hydrogen (secondary N) is 4. The molecule has 3 fully saturated rings. The van der Waals surface area contributed by atoms with Crippen LogP contribution in [0.4, 0.5) is 15.3 Å². The minimum Gasteiger partial charge on any atom is -0.444 e. The van der Waals surface area contributed by atoms with Gasteiger partial charge in [-0.25, -0.2) is 18.0 Å². The van der Waals surface area contributed by atoms with Crippen LogP contribution >= 0.6 is 15.9 Å². The van der Waals surface area contributed by atoms with E-state index in [1.807, 2.05) is 0 Å². The average Bonchev–Trinajstić information content (AvgIpc) is 3.88. The van der Waals surface area contributed by atoms with Gasteiger partial charge < -0.3 is 25.0 Å². The Morgan fingerprint density at radius 3 is 2.25 bits per heavy atom. The van der Waals surface area contributed by atoms with E-state index in [4.69, 9.17) is 9.47 Å². The van der Waals surface area contributed by atoms with Gasteiger partial charge in [0.2, 0.25) is 21.8 Å². The number of hydrogen-bond donors (Lipinski definition) is 4. The third-order valence-corrected chi connectivity index (χ3v) is 10.8. The van der Waals surface area contributed by atoms with Crippen LogP contribution in [0.2, 0.25) is 0 Å². The van der Waals surface area contributed by atoms with Gasteiger partial charge in [0.05, 0.1) is 17.5 Å². The molecule has 4 N–H and O–H groups in total. The molecule has 3 aliphatic rings. The zero-order valence-corrected chi connectivity index (χ0v) is 30.3. The van der Waals surface area contributed by atoms with Gasteiger partial charge in [0, 0.05) is 16.8 Å². The number of sulfonamides is 1. The number of carbonyl (C=O) groups excluding carboxylic acids is 5. The Bertz CT molecular complexity index is 1580. The van der Waals surface area contributed by atoms with Gasteiger partial charge in [-0.1, -0.05) is 39.0 Å². The highest BCUT2D eigenvalue weighted by atomic mass is 79.9. The van der Waals surface area contributed by atoms with Crippen LogP contribution in [0.5, 0.6) is 0 Å². The van der Waals surface area contributed by atoms with Gasteiger partial charge in [0.25, 0.3) is 5.91 Å². The van der Waals surface area contributed by atoms with E-state index in [-0.39, 0.29) is 19.4 Å². The Hall–Kier alpha value is -3.66. The van der Waals surface area contributed by atoms with Gasteiger partial charge in [0.15, 0.2) is 0 Å². The summed E-state index contributed by atoms with van der Waals surface area (Å²) < 4.78 is 38.9. The summed E-state index contributed by atoms with van der Waals surface area (Å²) in [7, 11) is -3.91. The summed E-state index contributed by atoms with van der Waals surface area (Å²) in [5.41, 5.74) is -2.85. The van der Waals surface area contributed by atoms with E-state index in [0.29, 0.717) is 23.0 Å². The predicted molar refractivity (Wildman–Crippen MR) is 180 cm³/mol. The number of halogens is 1. The van der Waals surface area contributed by atoms with Crippen LogP contribution in [0.25, 0.3) is 0 Å². The van der Waals surface area contributed by atoms with Crippen molar-refractivity contribution in [3.8, 4) is 0 Å². The first-order valence-corrected chi connectivity index (χ1v) is 18.0. The molecule has 0 bridgehead atoms. The molecule has 264 valence electrons. The lowest BCUT2D eigenvalue weighted by Gasteiger charge is -2.36. The van der Waals surface area contributed by atoms with Gasteiger partial charge >= 0.3 is 12.2 Å². The van der Waals surface area contributed by atoms with E-state index in [9.17, 15) is 32.4 Å². The number of anilines is 1. The van der Waals surface area contributed by atoms with E-state index in [1.165, 1.54) is 11.0 Å². The maximum absolute atomic E-state index is 14.2. The lowest BCUT2D eigenvalue weighted by Crippen LogP contribution is -2.60. The summed E-state index contributed by atoms with van der Waals surface area (Å²) in [6, 6.07) is 4.45. The van der Waals surface area contributed by atoms with Crippen LogP contribution in [0.1, 0.15) is 67.2 Å². The fourth-order valence-corrected chi connectivity index (χ4v) is 7.24. The molecule has 2 saturated carbocycles. The molecule has 48 heavy (non-hydrogen) atoms. The van der Waals surface area contributed by atoms with Crippen LogP contribution in [-0.2, 0) is 33.9 Å². The van der Waals surface area contributed by atoms with E-state index >= 15 is 0 Å². The first-order chi connectivity index (χ1) is 22.2. The fraction of sp³-hybridized carbons (Fsp3) is 0.594. The van der Waals surface area contributed by atoms with Crippen molar-refractivity contribution < 1.29 is 41.9 Å². The highest BCUT2D eigenvalue weighted by molar-refractivity contribution is 9.10. The van der Waals surface area contributed by atoms with Crippen molar-refractivity contribution in [3.05, 3.63) is 41.4 Å². The molecule has 1 aromatic rings. The summed E-state index contributed by atoms with van der Waals surface area (Å²) in [6.07, 6.45) is -0.313. The van der Waals surface area contributed by atoms with E-state index in [1.54, 1.807) is 65.8 Å². The van der Waals surface area contributed by atoms with Crippen molar-refractivity contribution in [2.45, 2.75) is 102 Å². The Labute approximate surface area is 289 Å². The monoisotopic (exact) mass is 753 g/mol. The van der Waals surface area contributed by atoms with Crippen molar-refractivity contribution in [2.75, 3.05) is 11.9 Å². The van der Waals surface area contributed by atoms with Crippen molar-refractivity contribution in [3.63, 3.8) is 0 Å².